The zero-order chi connectivity index (χ0) is 13.0. The highest BCUT2D eigenvalue weighted by Gasteiger charge is 2.20. The van der Waals surface area contributed by atoms with Gasteiger partial charge in [-0.05, 0) is 50.5 Å². The van der Waals surface area contributed by atoms with E-state index in [1.807, 2.05) is 6.92 Å². The van der Waals surface area contributed by atoms with Crippen LogP contribution in [0.2, 0.25) is 0 Å². The van der Waals surface area contributed by atoms with Crippen molar-refractivity contribution < 1.29 is 4.79 Å². The Hall–Kier alpha value is -0.760. The van der Waals surface area contributed by atoms with Crippen molar-refractivity contribution in [3.8, 4) is 0 Å². The van der Waals surface area contributed by atoms with Gasteiger partial charge in [0, 0.05) is 18.3 Å². The second kappa shape index (κ2) is 6.42. The van der Waals surface area contributed by atoms with E-state index in [9.17, 15) is 4.79 Å². The number of rotatable bonds is 4. The Morgan fingerprint density at radius 1 is 1.44 bits per heavy atom. The molecular formula is C11H21N5OS. The molecule has 2 rings (SSSR count). The Balaban J connectivity index is 1.66. The third-order valence-electron chi connectivity index (χ3n) is 3.42. The normalized spacial score (nSPS) is 28.1. The second-order valence-electron chi connectivity index (χ2n) is 4.90. The molecule has 1 aliphatic heterocycles. The molecule has 0 aromatic carbocycles. The van der Waals surface area contributed by atoms with E-state index in [1.54, 1.807) is 0 Å². The van der Waals surface area contributed by atoms with Crippen molar-refractivity contribution in [1.29, 1.82) is 0 Å². The van der Waals surface area contributed by atoms with Gasteiger partial charge in [-0.25, -0.2) is 5.43 Å². The van der Waals surface area contributed by atoms with Crippen LogP contribution in [0.3, 0.4) is 0 Å². The lowest BCUT2D eigenvalue weighted by Gasteiger charge is -2.26. The van der Waals surface area contributed by atoms with Gasteiger partial charge in [-0.3, -0.25) is 10.2 Å². The summed E-state index contributed by atoms with van der Waals surface area (Å²) in [6.45, 7) is 2.68. The van der Waals surface area contributed by atoms with Crippen LogP contribution in [0.1, 0.15) is 32.6 Å². The minimum Gasteiger partial charge on any atom is -0.328 e. The molecule has 18 heavy (non-hydrogen) atoms. The topological polar surface area (TPSA) is 91.2 Å². The van der Waals surface area contributed by atoms with Gasteiger partial charge in [0.15, 0.2) is 0 Å². The van der Waals surface area contributed by atoms with Crippen molar-refractivity contribution in [1.82, 2.24) is 21.1 Å². The Bertz CT molecular complexity index is 338. The SMILES string of the molecule is CC1=C(C(=O)NNCC2CCC(N)CC2)SNN1. The van der Waals surface area contributed by atoms with Crippen molar-refractivity contribution in [2.45, 2.75) is 38.6 Å². The van der Waals surface area contributed by atoms with Gasteiger partial charge in [0.1, 0.15) is 4.91 Å². The number of hydrogen-bond acceptors (Lipinski definition) is 6. The Morgan fingerprint density at radius 2 is 2.17 bits per heavy atom. The quantitative estimate of drug-likeness (QED) is 0.368. The first-order chi connectivity index (χ1) is 8.66. The van der Waals surface area contributed by atoms with E-state index in [1.165, 1.54) is 11.9 Å². The maximum atomic E-state index is 11.8. The molecule has 6 N–H and O–H groups in total. The molecule has 6 nitrogen and oxygen atoms in total. The summed E-state index contributed by atoms with van der Waals surface area (Å²) >= 11 is 1.29. The minimum absolute atomic E-state index is 0.0949. The molecule has 0 radical (unpaired) electrons. The van der Waals surface area contributed by atoms with Crippen molar-refractivity contribution in [2.24, 2.45) is 11.7 Å². The lowest BCUT2D eigenvalue weighted by Crippen LogP contribution is -2.42. The Labute approximate surface area is 112 Å². The Kier molecular flexibility index (Phi) is 4.87. The summed E-state index contributed by atoms with van der Waals surface area (Å²) in [5.41, 5.74) is 15.4. The molecule has 0 unspecified atom stereocenters. The van der Waals surface area contributed by atoms with Crippen molar-refractivity contribution in [3.05, 3.63) is 10.6 Å². The lowest BCUT2D eigenvalue weighted by molar-refractivity contribution is -0.117. The van der Waals surface area contributed by atoms with Gasteiger partial charge >= 0.3 is 0 Å². The highest BCUT2D eigenvalue weighted by molar-refractivity contribution is 8.02. The number of nitrogens with one attached hydrogen (secondary N) is 4. The summed E-state index contributed by atoms with van der Waals surface area (Å²) < 4.78 is 0. The molecule has 1 amide bonds. The molecule has 0 spiro atoms. The molecule has 1 aliphatic carbocycles. The van der Waals surface area contributed by atoms with E-state index in [0.29, 0.717) is 16.9 Å². The number of carbonyl (C=O) groups excluding carboxylic acids is 1. The van der Waals surface area contributed by atoms with E-state index in [4.69, 9.17) is 5.73 Å². The van der Waals surface area contributed by atoms with Crippen molar-refractivity contribution in [2.75, 3.05) is 6.54 Å². The fourth-order valence-electron chi connectivity index (χ4n) is 2.23. The van der Waals surface area contributed by atoms with E-state index >= 15 is 0 Å². The van der Waals surface area contributed by atoms with Crippen molar-refractivity contribution >= 4 is 17.9 Å². The first-order valence-corrected chi connectivity index (χ1v) is 7.16. The van der Waals surface area contributed by atoms with Gasteiger partial charge < -0.3 is 11.2 Å². The fraction of sp³-hybridized carbons (Fsp3) is 0.727. The number of nitrogens with two attached hydrogens (primary N) is 1. The summed E-state index contributed by atoms with van der Waals surface area (Å²) in [7, 11) is 0. The molecule has 1 heterocycles. The van der Waals surface area contributed by atoms with E-state index in [2.05, 4.69) is 21.1 Å². The van der Waals surface area contributed by atoms with E-state index < -0.39 is 0 Å². The molecule has 0 atom stereocenters. The average molecular weight is 271 g/mol. The third-order valence-corrected chi connectivity index (χ3v) is 4.32. The van der Waals surface area contributed by atoms with Crippen LogP contribution in [0, 0.1) is 5.92 Å². The Morgan fingerprint density at radius 3 is 2.78 bits per heavy atom. The maximum Gasteiger partial charge on any atom is 0.274 e. The molecule has 0 aromatic rings. The van der Waals surface area contributed by atoms with E-state index in [-0.39, 0.29) is 5.91 Å². The predicted molar refractivity (Wildman–Crippen MR) is 72.6 cm³/mol. The highest BCUT2D eigenvalue weighted by Crippen LogP contribution is 2.22. The van der Waals surface area contributed by atoms with Crippen LogP contribution >= 0.6 is 11.9 Å². The van der Waals surface area contributed by atoms with Crippen molar-refractivity contribution in [3.63, 3.8) is 0 Å². The number of allylic oxidation sites excluding steroid dienone is 1. The molecule has 7 heteroatoms. The smallest absolute Gasteiger partial charge is 0.274 e. The van der Waals surface area contributed by atoms with Crippen LogP contribution in [0.5, 0.6) is 0 Å². The van der Waals surface area contributed by atoms with Crippen LogP contribution < -0.4 is 26.8 Å². The molecule has 1 saturated carbocycles. The second-order valence-corrected chi connectivity index (χ2v) is 5.72. The van der Waals surface area contributed by atoms with Crippen LogP contribution in [0.4, 0.5) is 0 Å². The van der Waals surface area contributed by atoms with Gasteiger partial charge in [0.2, 0.25) is 0 Å². The van der Waals surface area contributed by atoms with Crippen LogP contribution in [-0.4, -0.2) is 18.5 Å². The number of hydrazine groups is 2. The summed E-state index contributed by atoms with van der Waals surface area (Å²) in [5, 5.41) is 0. The third kappa shape index (κ3) is 3.61. The summed E-state index contributed by atoms with van der Waals surface area (Å²) in [6.07, 6.45) is 4.47. The van der Waals surface area contributed by atoms with Gasteiger partial charge in [-0.15, -0.1) is 0 Å². The standard InChI is InChI=1S/C11H21N5OS/c1-7-10(18-16-14-7)11(17)15-13-6-8-2-4-9(12)5-3-8/h8-9,13-14,16H,2-6,12H2,1H3,(H,15,17). The lowest BCUT2D eigenvalue weighted by atomic mass is 9.86. The fourth-order valence-corrected chi connectivity index (χ4v) is 2.88. The maximum absolute atomic E-state index is 11.8. The molecule has 102 valence electrons. The molecule has 0 aromatic heterocycles. The van der Waals surface area contributed by atoms with Crippen LogP contribution in [-0.2, 0) is 4.79 Å². The summed E-state index contributed by atoms with van der Waals surface area (Å²) in [6, 6.07) is 0.371. The highest BCUT2D eigenvalue weighted by atomic mass is 32.2. The van der Waals surface area contributed by atoms with Gasteiger partial charge in [0.05, 0.1) is 0 Å². The molecule has 0 bridgehead atoms. The first kappa shape index (κ1) is 13.7. The monoisotopic (exact) mass is 271 g/mol. The zero-order valence-corrected chi connectivity index (χ0v) is 11.4. The molecule has 1 fully saturated rings. The number of carbonyl (C=O) groups is 1. The molecule has 0 saturated heterocycles. The number of hydrogen-bond donors (Lipinski definition) is 5. The van der Waals surface area contributed by atoms with E-state index in [0.717, 1.165) is 37.9 Å². The molecular weight excluding hydrogens is 250 g/mol. The average Bonchev–Trinajstić information content (AvgIpc) is 2.78. The summed E-state index contributed by atoms with van der Waals surface area (Å²) in [5.74, 6) is 0.523. The van der Waals surface area contributed by atoms with Crippen LogP contribution in [0.15, 0.2) is 10.6 Å². The zero-order valence-electron chi connectivity index (χ0n) is 10.6. The minimum atomic E-state index is -0.0949. The number of amides is 1. The predicted octanol–water partition coefficient (Wildman–Crippen LogP) is 0.112. The molecule has 2 aliphatic rings. The summed E-state index contributed by atoms with van der Waals surface area (Å²) in [4.78, 5) is 15.3. The first-order valence-electron chi connectivity index (χ1n) is 6.34. The largest absolute Gasteiger partial charge is 0.328 e. The van der Waals surface area contributed by atoms with Gasteiger partial charge in [-0.2, -0.15) is 4.83 Å². The van der Waals surface area contributed by atoms with Crippen LogP contribution in [0.25, 0.3) is 0 Å². The van der Waals surface area contributed by atoms with Gasteiger partial charge in [-0.1, -0.05) is 0 Å². The van der Waals surface area contributed by atoms with Gasteiger partial charge in [0.25, 0.3) is 5.91 Å².